The van der Waals surface area contributed by atoms with Crippen LogP contribution in [0.2, 0.25) is 0 Å². The lowest BCUT2D eigenvalue weighted by Crippen LogP contribution is -2.46. The summed E-state index contributed by atoms with van der Waals surface area (Å²) in [4.78, 5) is 16.2. The van der Waals surface area contributed by atoms with Gasteiger partial charge in [-0.25, -0.2) is 0 Å². The molecule has 1 aromatic rings. The van der Waals surface area contributed by atoms with E-state index in [1.807, 2.05) is 0 Å². The molecule has 1 fully saturated rings. The van der Waals surface area contributed by atoms with Gasteiger partial charge in [-0.2, -0.15) is 0 Å². The molecule has 20 heavy (non-hydrogen) atoms. The molecular formula is C13H22N4O3. The molecule has 7 nitrogen and oxygen atoms in total. The Hall–Kier alpha value is -1.44. The van der Waals surface area contributed by atoms with Crippen molar-refractivity contribution in [3.05, 3.63) is 17.5 Å². The van der Waals surface area contributed by atoms with E-state index in [-0.39, 0.29) is 5.91 Å². The minimum absolute atomic E-state index is 0.119. The third-order valence-electron chi connectivity index (χ3n) is 3.37. The number of likely N-dealkylation sites (N-methyl/N-ethyl adjacent to an activating group) is 1. The minimum atomic E-state index is -0.119. The molecule has 0 atom stereocenters. The van der Waals surface area contributed by atoms with Crippen molar-refractivity contribution in [1.29, 1.82) is 0 Å². The second kappa shape index (κ2) is 7.37. The van der Waals surface area contributed by atoms with Gasteiger partial charge >= 0.3 is 0 Å². The Kier molecular flexibility index (Phi) is 5.51. The Morgan fingerprint density at radius 2 is 2.30 bits per heavy atom. The Morgan fingerprint density at radius 3 is 3.00 bits per heavy atom. The van der Waals surface area contributed by atoms with Gasteiger partial charge in [-0.1, -0.05) is 5.16 Å². The van der Waals surface area contributed by atoms with Crippen molar-refractivity contribution >= 4 is 5.91 Å². The normalized spacial score (nSPS) is 16.3. The van der Waals surface area contributed by atoms with Crippen LogP contribution in [0.25, 0.3) is 0 Å². The highest BCUT2D eigenvalue weighted by Gasteiger charge is 2.18. The Morgan fingerprint density at radius 1 is 1.55 bits per heavy atom. The van der Waals surface area contributed by atoms with Gasteiger partial charge in [-0.05, 0) is 0 Å². The fourth-order valence-electron chi connectivity index (χ4n) is 2.15. The number of hydrogen-bond acceptors (Lipinski definition) is 6. The lowest BCUT2D eigenvalue weighted by atomic mass is 10.3. The summed E-state index contributed by atoms with van der Waals surface area (Å²) in [6, 6.07) is 1.63. The average Bonchev–Trinajstić information content (AvgIpc) is 2.94. The van der Waals surface area contributed by atoms with E-state index in [1.54, 1.807) is 25.1 Å². The molecular weight excluding hydrogens is 260 g/mol. The van der Waals surface area contributed by atoms with Crippen LogP contribution >= 0.6 is 0 Å². The van der Waals surface area contributed by atoms with E-state index in [0.717, 1.165) is 32.7 Å². The summed E-state index contributed by atoms with van der Waals surface area (Å²) in [6.45, 7) is 5.99. The molecule has 7 heteroatoms. The number of carbonyl (C=O) groups excluding carboxylic acids is 1. The number of aromatic nitrogens is 1. The predicted molar refractivity (Wildman–Crippen MR) is 73.5 cm³/mol. The van der Waals surface area contributed by atoms with Crippen molar-refractivity contribution in [3.63, 3.8) is 0 Å². The molecule has 0 aromatic carbocycles. The van der Waals surface area contributed by atoms with E-state index >= 15 is 0 Å². The lowest BCUT2D eigenvalue weighted by molar-refractivity contribution is 0.0764. The zero-order chi connectivity index (χ0) is 14.4. The maximum atomic E-state index is 12.2. The Balaban J connectivity index is 1.81. The van der Waals surface area contributed by atoms with Crippen LogP contribution in [-0.4, -0.2) is 74.3 Å². The summed E-state index contributed by atoms with van der Waals surface area (Å²) in [7, 11) is 3.36. The van der Waals surface area contributed by atoms with Gasteiger partial charge < -0.3 is 19.5 Å². The van der Waals surface area contributed by atoms with E-state index < -0.39 is 0 Å². The molecule has 1 saturated heterocycles. The third-order valence-corrected chi connectivity index (χ3v) is 3.37. The molecule has 0 saturated carbocycles. The zero-order valence-electron chi connectivity index (χ0n) is 12.1. The maximum Gasteiger partial charge on any atom is 0.275 e. The number of nitrogens with one attached hydrogen (secondary N) is 1. The van der Waals surface area contributed by atoms with Crippen molar-refractivity contribution in [2.75, 3.05) is 53.4 Å². The van der Waals surface area contributed by atoms with Crippen LogP contribution in [0.3, 0.4) is 0 Å². The van der Waals surface area contributed by atoms with Crippen LogP contribution in [0.15, 0.2) is 10.6 Å². The lowest BCUT2D eigenvalue weighted by Gasteiger charge is -2.28. The van der Waals surface area contributed by atoms with Crippen molar-refractivity contribution < 1.29 is 14.1 Å². The van der Waals surface area contributed by atoms with Gasteiger partial charge in [-0.15, -0.1) is 0 Å². The number of nitrogens with zero attached hydrogens (tertiary/aromatic N) is 3. The first kappa shape index (κ1) is 15.0. The number of amides is 1. The van der Waals surface area contributed by atoms with Crippen LogP contribution in [0.4, 0.5) is 0 Å². The monoisotopic (exact) mass is 282 g/mol. The second-order valence-corrected chi connectivity index (χ2v) is 4.93. The SMILES string of the molecule is COCc1cc(C(=O)N(C)CCN2CCNCC2)no1. The molecule has 1 amide bonds. The molecule has 1 N–H and O–H groups in total. The molecule has 2 heterocycles. The first-order chi connectivity index (χ1) is 9.70. The van der Waals surface area contributed by atoms with E-state index in [9.17, 15) is 4.79 Å². The number of methoxy groups -OCH3 is 1. The highest BCUT2D eigenvalue weighted by Crippen LogP contribution is 2.07. The molecule has 0 bridgehead atoms. The number of ether oxygens (including phenoxy) is 1. The minimum Gasteiger partial charge on any atom is -0.377 e. The van der Waals surface area contributed by atoms with Gasteiger partial charge in [0, 0.05) is 59.5 Å². The van der Waals surface area contributed by atoms with E-state index in [4.69, 9.17) is 9.26 Å². The van der Waals surface area contributed by atoms with Gasteiger partial charge in [-0.3, -0.25) is 9.69 Å². The highest BCUT2D eigenvalue weighted by atomic mass is 16.5. The van der Waals surface area contributed by atoms with Gasteiger partial charge in [0.05, 0.1) is 0 Å². The summed E-state index contributed by atoms with van der Waals surface area (Å²) in [5, 5.41) is 7.09. The Bertz CT molecular complexity index is 429. The van der Waals surface area contributed by atoms with Crippen molar-refractivity contribution in [1.82, 2.24) is 20.3 Å². The molecule has 112 valence electrons. The molecule has 2 rings (SSSR count). The topological polar surface area (TPSA) is 70.8 Å². The predicted octanol–water partition coefficient (Wildman–Crippen LogP) is -0.202. The first-order valence-corrected chi connectivity index (χ1v) is 6.84. The summed E-state index contributed by atoms with van der Waals surface area (Å²) < 4.78 is 9.97. The highest BCUT2D eigenvalue weighted by molar-refractivity contribution is 5.92. The van der Waals surface area contributed by atoms with Crippen LogP contribution < -0.4 is 5.32 Å². The first-order valence-electron chi connectivity index (χ1n) is 6.84. The summed E-state index contributed by atoms with van der Waals surface area (Å²) in [5.41, 5.74) is 0.333. The molecule has 0 aliphatic carbocycles. The Labute approximate surface area is 118 Å². The number of piperazine rings is 1. The van der Waals surface area contributed by atoms with E-state index in [0.29, 0.717) is 24.6 Å². The number of rotatable bonds is 6. The van der Waals surface area contributed by atoms with Crippen LogP contribution in [-0.2, 0) is 11.3 Å². The largest absolute Gasteiger partial charge is 0.377 e. The fourth-order valence-corrected chi connectivity index (χ4v) is 2.15. The summed E-state index contributed by atoms with van der Waals surface area (Å²) in [5.74, 6) is 0.442. The molecule has 1 aliphatic rings. The standard InChI is InChI=1S/C13H22N4O3/c1-16(7-8-17-5-3-14-4-6-17)13(18)12-9-11(10-19-2)20-15-12/h9,14H,3-8,10H2,1-2H3. The van der Waals surface area contributed by atoms with Crippen molar-refractivity contribution in [2.45, 2.75) is 6.61 Å². The van der Waals surface area contributed by atoms with Gasteiger partial charge in [0.15, 0.2) is 11.5 Å². The maximum absolute atomic E-state index is 12.2. The van der Waals surface area contributed by atoms with Crippen LogP contribution in [0.5, 0.6) is 0 Å². The smallest absolute Gasteiger partial charge is 0.275 e. The van der Waals surface area contributed by atoms with Gasteiger partial charge in [0.2, 0.25) is 0 Å². The summed E-state index contributed by atoms with van der Waals surface area (Å²) in [6.07, 6.45) is 0. The number of hydrogen-bond donors (Lipinski definition) is 1. The van der Waals surface area contributed by atoms with Crippen LogP contribution in [0.1, 0.15) is 16.2 Å². The zero-order valence-corrected chi connectivity index (χ0v) is 12.1. The number of carbonyl (C=O) groups is 1. The average molecular weight is 282 g/mol. The van der Waals surface area contributed by atoms with Gasteiger partial charge in [0.1, 0.15) is 6.61 Å². The fraction of sp³-hybridized carbons (Fsp3) is 0.692. The summed E-state index contributed by atoms with van der Waals surface area (Å²) >= 11 is 0. The van der Waals surface area contributed by atoms with Gasteiger partial charge in [0.25, 0.3) is 5.91 Å². The third kappa shape index (κ3) is 4.03. The van der Waals surface area contributed by atoms with Crippen molar-refractivity contribution in [3.8, 4) is 0 Å². The van der Waals surface area contributed by atoms with Crippen molar-refractivity contribution in [2.24, 2.45) is 0 Å². The quantitative estimate of drug-likeness (QED) is 0.779. The molecule has 0 spiro atoms. The van der Waals surface area contributed by atoms with Crippen LogP contribution in [0, 0.1) is 0 Å². The second-order valence-electron chi connectivity index (χ2n) is 4.93. The molecule has 1 aromatic heterocycles. The molecule has 0 radical (unpaired) electrons. The molecule has 1 aliphatic heterocycles. The molecule has 0 unspecified atom stereocenters. The van der Waals surface area contributed by atoms with E-state index in [1.165, 1.54) is 0 Å². The van der Waals surface area contributed by atoms with E-state index in [2.05, 4.69) is 15.4 Å².